The molecule has 1 aromatic rings. The molecular formula is C8H10F2O. The van der Waals surface area contributed by atoms with Gasteiger partial charge in [-0.05, 0) is 18.6 Å². The lowest BCUT2D eigenvalue weighted by atomic mass is 10.2. The zero-order valence-corrected chi connectivity index (χ0v) is 6.22. The maximum Gasteiger partial charge on any atom is 0.185 e. The highest BCUT2D eigenvalue weighted by Crippen LogP contribution is 2.01. The van der Waals surface area contributed by atoms with Crippen molar-refractivity contribution < 1.29 is 13.9 Å². The molecule has 0 aliphatic rings. The van der Waals surface area contributed by atoms with Crippen LogP contribution >= 0.6 is 0 Å². The molecule has 0 unspecified atom stereocenters. The Labute approximate surface area is 64.3 Å². The normalized spacial score (nSPS) is 8.36. The van der Waals surface area contributed by atoms with Crippen LogP contribution in [0.3, 0.4) is 0 Å². The van der Waals surface area contributed by atoms with Crippen LogP contribution < -0.4 is 0 Å². The summed E-state index contributed by atoms with van der Waals surface area (Å²) in [7, 11) is 0. The number of aryl methyl sites for hydroxylation is 1. The summed E-state index contributed by atoms with van der Waals surface area (Å²) in [4.78, 5) is 0. The van der Waals surface area contributed by atoms with Crippen molar-refractivity contribution >= 4 is 0 Å². The number of alkyl halides is 1. The molecule has 3 heteroatoms. The Morgan fingerprint density at radius 1 is 1.36 bits per heavy atom. The molecule has 0 saturated carbocycles. The number of aliphatic hydroxyl groups excluding tert-OH is 1. The van der Waals surface area contributed by atoms with Crippen LogP contribution in [0.4, 0.5) is 8.78 Å². The average Bonchev–Trinajstić information content (AvgIpc) is 1.97. The van der Waals surface area contributed by atoms with Gasteiger partial charge in [-0.15, -0.1) is 0 Å². The molecular weight excluding hydrogens is 150 g/mol. The van der Waals surface area contributed by atoms with Gasteiger partial charge in [-0.25, -0.2) is 8.78 Å². The van der Waals surface area contributed by atoms with E-state index in [1.807, 2.05) is 6.07 Å². The standard InChI is InChI=1S/C7H7F.CH3FO/c1-6-4-2-3-5-7(6)8;2-1-3/h2-5H,1H3;3H,1H2. The van der Waals surface area contributed by atoms with Crippen molar-refractivity contribution in [2.24, 2.45) is 0 Å². The van der Waals surface area contributed by atoms with Crippen molar-refractivity contribution in [2.45, 2.75) is 6.92 Å². The molecule has 1 aromatic carbocycles. The first kappa shape index (κ1) is 10.0. The molecule has 62 valence electrons. The maximum absolute atomic E-state index is 12.3. The van der Waals surface area contributed by atoms with Crippen molar-refractivity contribution in [3.8, 4) is 0 Å². The SMILES string of the molecule is Cc1ccccc1F.OCF. The highest BCUT2D eigenvalue weighted by molar-refractivity contribution is 5.14. The summed E-state index contributed by atoms with van der Waals surface area (Å²) in [6.07, 6.45) is 0. The Bertz CT molecular complexity index is 180. The van der Waals surface area contributed by atoms with E-state index in [1.54, 1.807) is 19.1 Å². The Balaban J connectivity index is 0.000000292. The molecule has 0 spiro atoms. The molecule has 0 aromatic heterocycles. The van der Waals surface area contributed by atoms with Crippen LogP contribution in [0.5, 0.6) is 0 Å². The number of hydrogen-bond acceptors (Lipinski definition) is 1. The summed E-state index contributed by atoms with van der Waals surface area (Å²) in [6, 6.07) is 6.70. The van der Waals surface area contributed by atoms with Crippen molar-refractivity contribution in [3.63, 3.8) is 0 Å². The minimum Gasteiger partial charge on any atom is -0.366 e. The predicted octanol–water partition coefficient (Wildman–Crippen LogP) is 2.04. The fourth-order valence-corrected chi connectivity index (χ4v) is 0.551. The summed E-state index contributed by atoms with van der Waals surface area (Å²) in [5.41, 5.74) is 0.701. The molecule has 1 rings (SSSR count). The highest BCUT2D eigenvalue weighted by atomic mass is 19.1. The van der Waals surface area contributed by atoms with E-state index in [9.17, 15) is 8.78 Å². The number of benzene rings is 1. The average molecular weight is 160 g/mol. The van der Waals surface area contributed by atoms with Gasteiger partial charge in [0.2, 0.25) is 0 Å². The molecule has 0 amide bonds. The first-order chi connectivity index (χ1) is 5.22. The van der Waals surface area contributed by atoms with Gasteiger partial charge in [0.1, 0.15) is 5.82 Å². The summed E-state index contributed by atoms with van der Waals surface area (Å²) >= 11 is 0. The summed E-state index contributed by atoms with van der Waals surface area (Å²) in [5.74, 6) is -0.132. The molecule has 0 fully saturated rings. The molecule has 1 N–H and O–H groups in total. The molecule has 0 heterocycles. The Hall–Kier alpha value is -0.960. The van der Waals surface area contributed by atoms with Crippen LogP contribution in [0.2, 0.25) is 0 Å². The second kappa shape index (κ2) is 5.80. The summed E-state index contributed by atoms with van der Waals surface area (Å²) in [5, 5.41) is 6.90. The minimum absolute atomic E-state index is 0.132. The number of hydrogen-bond donors (Lipinski definition) is 1. The quantitative estimate of drug-likeness (QED) is 0.615. The zero-order valence-electron chi connectivity index (χ0n) is 6.22. The molecule has 0 atom stereocenters. The van der Waals surface area contributed by atoms with Gasteiger partial charge < -0.3 is 5.11 Å². The van der Waals surface area contributed by atoms with Gasteiger partial charge in [0, 0.05) is 0 Å². The molecule has 0 aliphatic heterocycles. The lowest BCUT2D eigenvalue weighted by Crippen LogP contribution is -1.76. The highest BCUT2D eigenvalue weighted by Gasteiger charge is 1.88. The fraction of sp³-hybridized carbons (Fsp3) is 0.250. The molecule has 0 bridgehead atoms. The van der Waals surface area contributed by atoms with Crippen LogP contribution in [0, 0.1) is 12.7 Å². The molecule has 11 heavy (non-hydrogen) atoms. The summed E-state index contributed by atoms with van der Waals surface area (Å²) in [6.45, 7) is 0.495. The van der Waals surface area contributed by atoms with E-state index in [0.29, 0.717) is 5.56 Å². The summed E-state index contributed by atoms with van der Waals surface area (Å²) < 4.78 is 22.2. The van der Waals surface area contributed by atoms with Crippen molar-refractivity contribution in [3.05, 3.63) is 35.6 Å². The van der Waals surface area contributed by atoms with Gasteiger partial charge in [-0.1, -0.05) is 18.2 Å². The van der Waals surface area contributed by atoms with Crippen molar-refractivity contribution in [2.75, 3.05) is 6.86 Å². The van der Waals surface area contributed by atoms with Crippen molar-refractivity contribution in [1.29, 1.82) is 0 Å². The van der Waals surface area contributed by atoms with Crippen LogP contribution in [-0.4, -0.2) is 12.0 Å². The van der Waals surface area contributed by atoms with Gasteiger partial charge >= 0.3 is 0 Å². The number of aliphatic hydroxyl groups is 1. The smallest absolute Gasteiger partial charge is 0.185 e. The second-order valence-corrected chi connectivity index (χ2v) is 1.87. The van der Waals surface area contributed by atoms with Crippen LogP contribution in [0.15, 0.2) is 24.3 Å². The van der Waals surface area contributed by atoms with Gasteiger partial charge in [0.15, 0.2) is 6.86 Å². The molecule has 0 saturated heterocycles. The monoisotopic (exact) mass is 160 g/mol. The van der Waals surface area contributed by atoms with E-state index in [2.05, 4.69) is 0 Å². The van der Waals surface area contributed by atoms with E-state index in [1.165, 1.54) is 6.07 Å². The number of halogens is 2. The lowest BCUT2D eigenvalue weighted by Gasteiger charge is -1.89. The number of rotatable bonds is 0. The third kappa shape index (κ3) is 4.44. The topological polar surface area (TPSA) is 20.2 Å². The molecule has 0 aliphatic carbocycles. The van der Waals surface area contributed by atoms with Crippen LogP contribution in [0.1, 0.15) is 5.56 Å². The largest absolute Gasteiger partial charge is 0.366 e. The molecule has 0 radical (unpaired) electrons. The first-order valence-corrected chi connectivity index (χ1v) is 3.10. The van der Waals surface area contributed by atoms with Gasteiger partial charge in [-0.3, -0.25) is 0 Å². The predicted molar refractivity (Wildman–Crippen MR) is 39.3 cm³/mol. The van der Waals surface area contributed by atoms with Gasteiger partial charge in [0.25, 0.3) is 0 Å². The van der Waals surface area contributed by atoms with E-state index in [-0.39, 0.29) is 5.82 Å². The van der Waals surface area contributed by atoms with E-state index >= 15 is 0 Å². The zero-order chi connectivity index (χ0) is 8.69. The Morgan fingerprint density at radius 2 is 1.82 bits per heavy atom. The minimum atomic E-state index is -1.25. The third-order valence-corrected chi connectivity index (χ3v) is 1.08. The first-order valence-electron chi connectivity index (χ1n) is 3.10. The fourth-order valence-electron chi connectivity index (χ4n) is 0.551. The van der Waals surface area contributed by atoms with Crippen LogP contribution in [0.25, 0.3) is 0 Å². The van der Waals surface area contributed by atoms with E-state index < -0.39 is 6.86 Å². The van der Waals surface area contributed by atoms with E-state index in [0.717, 1.165) is 0 Å². The van der Waals surface area contributed by atoms with E-state index in [4.69, 9.17) is 5.11 Å². The maximum atomic E-state index is 12.3. The van der Waals surface area contributed by atoms with Gasteiger partial charge in [0.05, 0.1) is 0 Å². The Kier molecular flexibility index (Phi) is 5.29. The molecule has 1 nitrogen and oxygen atoms in total. The second-order valence-electron chi connectivity index (χ2n) is 1.87. The van der Waals surface area contributed by atoms with Crippen molar-refractivity contribution in [1.82, 2.24) is 0 Å². The lowest BCUT2D eigenvalue weighted by molar-refractivity contribution is 0.168. The van der Waals surface area contributed by atoms with Crippen LogP contribution in [-0.2, 0) is 0 Å². The third-order valence-electron chi connectivity index (χ3n) is 1.08. The van der Waals surface area contributed by atoms with Gasteiger partial charge in [-0.2, -0.15) is 0 Å². The Morgan fingerprint density at radius 3 is 2.09 bits per heavy atom.